The van der Waals surface area contributed by atoms with Crippen molar-refractivity contribution in [2.45, 2.75) is 19.8 Å². The van der Waals surface area contributed by atoms with Crippen molar-refractivity contribution in [2.75, 3.05) is 26.2 Å². The van der Waals surface area contributed by atoms with Crippen LogP contribution in [0.2, 0.25) is 0 Å². The second kappa shape index (κ2) is 8.34. The van der Waals surface area contributed by atoms with Gasteiger partial charge in [0.05, 0.1) is 12.0 Å². The average Bonchev–Trinajstić information content (AvgIpc) is 3.42. The van der Waals surface area contributed by atoms with Crippen LogP contribution in [0.15, 0.2) is 57.6 Å². The molecule has 1 fully saturated rings. The van der Waals surface area contributed by atoms with Crippen LogP contribution >= 0.6 is 0 Å². The number of amides is 2. The fourth-order valence-corrected chi connectivity index (χ4v) is 3.46. The summed E-state index contributed by atoms with van der Waals surface area (Å²) in [6.45, 7) is 3.94. The van der Waals surface area contributed by atoms with Gasteiger partial charge in [0.15, 0.2) is 5.76 Å². The van der Waals surface area contributed by atoms with E-state index in [1.165, 1.54) is 6.26 Å². The quantitative estimate of drug-likeness (QED) is 0.665. The SMILES string of the molecule is Cc1oc(-c2ccccc2)nc1CCC(=O)N1CCN(C(=O)c2ccco2)CC1. The number of nitrogens with zero attached hydrogens (tertiary/aromatic N) is 3. The maximum Gasteiger partial charge on any atom is 0.289 e. The van der Waals surface area contributed by atoms with Crippen LogP contribution in [-0.2, 0) is 11.2 Å². The molecule has 3 heterocycles. The van der Waals surface area contributed by atoms with E-state index in [9.17, 15) is 9.59 Å². The predicted octanol–water partition coefficient (Wildman–Crippen LogP) is 3.16. The minimum absolute atomic E-state index is 0.0683. The highest BCUT2D eigenvalue weighted by Gasteiger charge is 2.26. The number of carbonyl (C=O) groups excluding carboxylic acids is 2. The number of rotatable bonds is 5. The fraction of sp³-hybridized carbons (Fsp3) is 0.318. The third-order valence-corrected chi connectivity index (χ3v) is 5.14. The van der Waals surface area contributed by atoms with Crippen molar-refractivity contribution in [1.29, 1.82) is 0 Å². The van der Waals surface area contributed by atoms with Crippen LogP contribution < -0.4 is 0 Å². The highest BCUT2D eigenvalue weighted by atomic mass is 16.4. The number of aryl methyl sites for hydroxylation is 2. The molecule has 4 rings (SSSR count). The van der Waals surface area contributed by atoms with E-state index < -0.39 is 0 Å². The van der Waals surface area contributed by atoms with Gasteiger partial charge in [-0.3, -0.25) is 9.59 Å². The summed E-state index contributed by atoms with van der Waals surface area (Å²) < 4.78 is 10.9. The maximum atomic E-state index is 12.6. The molecule has 0 spiro atoms. The van der Waals surface area contributed by atoms with Crippen molar-refractivity contribution in [3.8, 4) is 11.5 Å². The second-order valence-corrected chi connectivity index (χ2v) is 7.04. The zero-order chi connectivity index (χ0) is 20.2. The maximum absolute atomic E-state index is 12.6. The molecule has 7 heteroatoms. The molecule has 0 atom stereocenters. The summed E-state index contributed by atoms with van der Waals surface area (Å²) in [5, 5.41) is 0. The Morgan fingerprint density at radius 1 is 1.00 bits per heavy atom. The molecule has 0 bridgehead atoms. The average molecular weight is 393 g/mol. The Bertz CT molecular complexity index is 971. The smallest absolute Gasteiger partial charge is 0.289 e. The largest absolute Gasteiger partial charge is 0.459 e. The van der Waals surface area contributed by atoms with E-state index in [-0.39, 0.29) is 11.8 Å². The Morgan fingerprint density at radius 2 is 1.72 bits per heavy atom. The molecule has 0 aliphatic carbocycles. The van der Waals surface area contributed by atoms with Crippen LogP contribution in [0.1, 0.15) is 28.4 Å². The van der Waals surface area contributed by atoms with Gasteiger partial charge in [0.2, 0.25) is 11.8 Å². The van der Waals surface area contributed by atoms with Crippen molar-refractivity contribution in [3.63, 3.8) is 0 Å². The summed E-state index contributed by atoms with van der Waals surface area (Å²) in [5.74, 6) is 1.59. The van der Waals surface area contributed by atoms with E-state index in [4.69, 9.17) is 8.83 Å². The van der Waals surface area contributed by atoms with Gasteiger partial charge in [-0.25, -0.2) is 4.98 Å². The van der Waals surface area contributed by atoms with Crippen LogP contribution in [0.3, 0.4) is 0 Å². The molecule has 2 amide bonds. The summed E-state index contributed by atoms with van der Waals surface area (Å²) in [6.07, 6.45) is 2.39. The Kier molecular flexibility index (Phi) is 5.46. The number of aromatic nitrogens is 1. The summed E-state index contributed by atoms with van der Waals surface area (Å²) >= 11 is 0. The summed E-state index contributed by atoms with van der Waals surface area (Å²) in [7, 11) is 0. The number of benzene rings is 1. The standard InChI is InChI=1S/C22H23N3O4/c1-16-18(23-21(29-16)17-6-3-2-4-7-17)9-10-20(26)24-11-13-25(14-12-24)22(27)19-8-5-15-28-19/h2-8,15H,9-14H2,1H3. The van der Waals surface area contributed by atoms with Gasteiger partial charge in [-0.1, -0.05) is 18.2 Å². The van der Waals surface area contributed by atoms with Crippen molar-refractivity contribution < 1.29 is 18.4 Å². The lowest BCUT2D eigenvalue weighted by molar-refractivity contribution is -0.132. The van der Waals surface area contributed by atoms with Crippen molar-refractivity contribution in [2.24, 2.45) is 0 Å². The lowest BCUT2D eigenvalue weighted by atomic mass is 10.2. The number of oxazole rings is 1. The van der Waals surface area contributed by atoms with E-state index in [1.54, 1.807) is 21.9 Å². The predicted molar refractivity (Wildman–Crippen MR) is 106 cm³/mol. The molecule has 0 unspecified atom stereocenters. The van der Waals surface area contributed by atoms with Crippen LogP contribution in [0.4, 0.5) is 0 Å². The Labute approximate surface area is 168 Å². The van der Waals surface area contributed by atoms with E-state index in [0.717, 1.165) is 17.0 Å². The summed E-state index contributed by atoms with van der Waals surface area (Å²) in [6, 6.07) is 13.1. The van der Waals surface area contributed by atoms with Gasteiger partial charge in [0, 0.05) is 44.6 Å². The minimum Gasteiger partial charge on any atom is -0.459 e. The van der Waals surface area contributed by atoms with Gasteiger partial charge < -0.3 is 18.6 Å². The lowest BCUT2D eigenvalue weighted by Crippen LogP contribution is -2.50. The van der Waals surface area contributed by atoms with Gasteiger partial charge in [0.1, 0.15) is 5.76 Å². The zero-order valence-corrected chi connectivity index (χ0v) is 16.3. The van der Waals surface area contributed by atoms with Crippen LogP contribution in [0.25, 0.3) is 11.5 Å². The van der Waals surface area contributed by atoms with E-state index >= 15 is 0 Å². The number of furan rings is 1. The number of carbonyl (C=O) groups is 2. The van der Waals surface area contributed by atoms with Crippen molar-refractivity contribution in [3.05, 3.63) is 65.9 Å². The van der Waals surface area contributed by atoms with Crippen molar-refractivity contribution in [1.82, 2.24) is 14.8 Å². The van der Waals surface area contributed by atoms with E-state index in [1.807, 2.05) is 37.3 Å². The third kappa shape index (κ3) is 4.23. The molecule has 7 nitrogen and oxygen atoms in total. The highest BCUT2D eigenvalue weighted by Crippen LogP contribution is 2.22. The van der Waals surface area contributed by atoms with Gasteiger partial charge in [-0.2, -0.15) is 0 Å². The topological polar surface area (TPSA) is 79.8 Å². The molecular weight excluding hydrogens is 370 g/mol. The molecule has 1 aliphatic rings. The summed E-state index contributed by atoms with van der Waals surface area (Å²) in [5.41, 5.74) is 1.73. The first-order valence-electron chi connectivity index (χ1n) is 9.74. The molecule has 0 radical (unpaired) electrons. The Morgan fingerprint density at radius 3 is 2.41 bits per heavy atom. The molecule has 150 valence electrons. The van der Waals surface area contributed by atoms with Gasteiger partial charge >= 0.3 is 0 Å². The first-order valence-corrected chi connectivity index (χ1v) is 9.74. The summed E-state index contributed by atoms with van der Waals surface area (Å²) in [4.78, 5) is 33.0. The van der Waals surface area contributed by atoms with Gasteiger partial charge in [0.25, 0.3) is 5.91 Å². The monoisotopic (exact) mass is 393 g/mol. The first-order chi connectivity index (χ1) is 14.1. The van der Waals surface area contributed by atoms with Gasteiger partial charge in [-0.15, -0.1) is 0 Å². The van der Waals surface area contributed by atoms with Crippen LogP contribution in [0, 0.1) is 6.92 Å². The molecule has 1 saturated heterocycles. The molecule has 29 heavy (non-hydrogen) atoms. The number of piperazine rings is 1. The number of hydrogen-bond donors (Lipinski definition) is 0. The third-order valence-electron chi connectivity index (χ3n) is 5.14. The van der Waals surface area contributed by atoms with Crippen LogP contribution in [-0.4, -0.2) is 52.8 Å². The first kappa shape index (κ1) is 19.0. The zero-order valence-electron chi connectivity index (χ0n) is 16.3. The lowest BCUT2D eigenvalue weighted by Gasteiger charge is -2.34. The van der Waals surface area contributed by atoms with Gasteiger partial charge in [-0.05, 0) is 31.2 Å². The van der Waals surface area contributed by atoms with E-state index in [0.29, 0.717) is 50.7 Å². The molecular formula is C22H23N3O4. The molecule has 2 aromatic heterocycles. The Balaban J connectivity index is 1.30. The highest BCUT2D eigenvalue weighted by molar-refractivity contribution is 5.91. The Hall–Kier alpha value is -3.35. The number of hydrogen-bond acceptors (Lipinski definition) is 5. The minimum atomic E-state index is -0.131. The molecule has 3 aromatic rings. The van der Waals surface area contributed by atoms with Crippen LogP contribution in [0.5, 0.6) is 0 Å². The normalized spacial score (nSPS) is 14.2. The molecule has 1 aromatic carbocycles. The van der Waals surface area contributed by atoms with Crippen molar-refractivity contribution >= 4 is 11.8 Å². The molecule has 1 aliphatic heterocycles. The fourth-order valence-electron chi connectivity index (χ4n) is 3.46. The second-order valence-electron chi connectivity index (χ2n) is 7.04. The van der Waals surface area contributed by atoms with E-state index in [2.05, 4.69) is 4.98 Å². The molecule has 0 saturated carbocycles. The molecule has 0 N–H and O–H groups in total.